The summed E-state index contributed by atoms with van der Waals surface area (Å²) in [4.78, 5) is 21.9. The van der Waals surface area contributed by atoms with Crippen LogP contribution in [0.3, 0.4) is 0 Å². The molecular formula is C23H25N3O2S. The summed E-state index contributed by atoms with van der Waals surface area (Å²) in [6.07, 6.45) is 2.05. The molecule has 0 N–H and O–H groups in total. The van der Waals surface area contributed by atoms with Crippen LogP contribution >= 0.6 is 11.8 Å². The molecule has 1 amide bonds. The highest BCUT2D eigenvalue weighted by atomic mass is 32.2. The predicted octanol–water partition coefficient (Wildman–Crippen LogP) is 4.27. The molecule has 29 heavy (non-hydrogen) atoms. The van der Waals surface area contributed by atoms with Gasteiger partial charge in [0.2, 0.25) is 0 Å². The Labute approximate surface area is 176 Å². The molecular weight excluding hydrogens is 382 g/mol. The summed E-state index contributed by atoms with van der Waals surface area (Å²) >= 11 is 1.47. The zero-order valence-corrected chi connectivity index (χ0v) is 17.6. The van der Waals surface area contributed by atoms with Gasteiger partial charge in [0.15, 0.2) is 5.17 Å². The van der Waals surface area contributed by atoms with Crippen molar-refractivity contribution in [3.8, 4) is 5.75 Å². The number of ether oxygens (including phenoxy) is 1. The smallest absolute Gasteiger partial charge is 0.286 e. The third kappa shape index (κ3) is 4.82. The molecule has 0 bridgehead atoms. The molecule has 0 saturated carbocycles. The Kier molecular flexibility index (Phi) is 5.90. The average molecular weight is 408 g/mol. The third-order valence-corrected chi connectivity index (χ3v) is 5.87. The van der Waals surface area contributed by atoms with E-state index in [1.807, 2.05) is 50.3 Å². The van der Waals surface area contributed by atoms with Crippen LogP contribution in [0.4, 0.5) is 5.69 Å². The van der Waals surface area contributed by atoms with Crippen LogP contribution in [0.15, 0.2) is 64.5 Å². The predicted molar refractivity (Wildman–Crippen MR) is 120 cm³/mol. The molecule has 5 nitrogen and oxygen atoms in total. The van der Waals surface area contributed by atoms with Crippen LogP contribution in [-0.2, 0) is 4.79 Å². The minimum Gasteiger partial charge on any atom is -0.491 e. The summed E-state index contributed by atoms with van der Waals surface area (Å²) in [5.41, 5.74) is 2.22. The number of rotatable bonds is 4. The van der Waals surface area contributed by atoms with E-state index in [1.54, 1.807) is 0 Å². The Morgan fingerprint density at radius 2 is 1.62 bits per heavy atom. The zero-order chi connectivity index (χ0) is 20.2. The van der Waals surface area contributed by atoms with Crippen LogP contribution in [0, 0.1) is 0 Å². The van der Waals surface area contributed by atoms with Crippen molar-refractivity contribution in [2.45, 2.75) is 20.0 Å². The second kappa shape index (κ2) is 8.74. The molecule has 2 aliphatic heterocycles. The van der Waals surface area contributed by atoms with Gasteiger partial charge in [0.1, 0.15) is 5.75 Å². The van der Waals surface area contributed by atoms with Gasteiger partial charge in [0.05, 0.1) is 11.0 Å². The van der Waals surface area contributed by atoms with E-state index in [2.05, 4.69) is 39.1 Å². The van der Waals surface area contributed by atoms with E-state index in [0.29, 0.717) is 4.91 Å². The SMILES string of the molecule is CC(C)Oc1ccc(/C=C2/SC(N3CCN(c4ccccc4)CC3)=NC2=O)cc1. The van der Waals surface area contributed by atoms with E-state index in [1.165, 1.54) is 17.4 Å². The Bertz CT molecular complexity index is 915. The molecule has 1 saturated heterocycles. The van der Waals surface area contributed by atoms with Crippen molar-refractivity contribution in [1.82, 2.24) is 4.90 Å². The van der Waals surface area contributed by atoms with Crippen molar-refractivity contribution < 1.29 is 9.53 Å². The van der Waals surface area contributed by atoms with E-state index in [4.69, 9.17) is 4.74 Å². The lowest BCUT2D eigenvalue weighted by Gasteiger charge is -2.36. The number of hydrogen-bond donors (Lipinski definition) is 0. The first-order chi connectivity index (χ1) is 14.1. The van der Waals surface area contributed by atoms with Gasteiger partial charge in [-0.1, -0.05) is 30.3 Å². The topological polar surface area (TPSA) is 45.1 Å². The fourth-order valence-electron chi connectivity index (χ4n) is 3.39. The number of benzene rings is 2. The second-order valence-electron chi connectivity index (χ2n) is 7.36. The highest BCUT2D eigenvalue weighted by Gasteiger charge is 2.28. The molecule has 0 atom stereocenters. The molecule has 2 aromatic carbocycles. The maximum absolute atomic E-state index is 12.4. The highest BCUT2D eigenvalue weighted by molar-refractivity contribution is 8.18. The molecule has 4 rings (SSSR count). The van der Waals surface area contributed by atoms with Gasteiger partial charge >= 0.3 is 0 Å². The number of amidine groups is 1. The quantitative estimate of drug-likeness (QED) is 0.709. The minimum absolute atomic E-state index is 0.143. The highest BCUT2D eigenvalue weighted by Crippen LogP contribution is 2.31. The van der Waals surface area contributed by atoms with Gasteiger partial charge < -0.3 is 14.5 Å². The monoisotopic (exact) mass is 407 g/mol. The van der Waals surface area contributed by atoms with Crippen LogP contribution in [-0.4, -0.2) is 48.3 Å². The number of anilines is 1. The number of piperazine rings is 1. The summed E-state index contributed by atoms with van der Waals surface area (Å²) in [6.45, 7) is 7.58. The van der Waals surface area contributed by atoms with E-state index in [9.17, 15) is 4.79 Å². The molecule has 2 aromatic rings. The van der Waals surface area contributed by atoms with Crippen LogP contribution in [0.2, 0.25) is 0 Å². The third-order valence-electron chi connectivity index (χ3n) is 4.83. The maximum Gasteiger partial charge on any atom is 0.286 e. The largest absolute Gasteiger partial charge is 0.491 e. The number of aliphatic imine (C=N–C) groups is 1. The number of para-hydroxylation sites is 1. The Balaban J connectivity index is 1.36. The van der Waals surface area contributed by atoms with Crippen molar-refractivity contribution in [2.24, 2.45) is 4.99 Å². The van der Waals surface area contributed by atoms with Crippen LogP contribution in [0.25, 0.3) is 6.08 Å². The molecule has 150 valence electrons. The van der Waals surface area contributed by atoms with Crippen molar-refractivity contribution in [3.63, 3.8) is 0 Å². The van der Waals surface area contributed by atoms with E-state index >= 15 is 0 Å². The first-order valence-corrected chi connectivity index (χ1v) is 10.7. The molecule has 1 fully saturated rings. The van der Waals surface area contributed by atoms with Crippen molar-refractivity contribution in [2.75, 3.05) is 31.1 Å². The van der Waals surface area contributed by atoms with Gasteiger partial charge in [0, 0.05) is 31.9 Å². The van der Waals surface area contributed by atoms with Gasteiger partial charge in [-0.15, -0.1) is 0 Å². The van der Waals surface area contributed by atoms with Gasteiger partial charge in [0.25, 0.3) is 5.91 Å². The summed E-state index contributed by atoms with van der Waals surface area (Å²) in [5.74, 6) is 0.679. The van der Waals surface area contributed by atoms with Gasteiger partial charge in [-0.25, -0.2) is 0 Å². The van der Waals surface area contributed by atoms with Crippen molar-refractivity contribution in [1.29, 1.82) is 0 Å². The number of nitrogens with zero attached hydrogens (tertiary/aromatic N) is 3. The summed E-state index contributed by atoms with van der Waals surface area (Å²) in [5, 5.41) is 0.814. The number of thioether (sulfide) groups is 1. The van der Waals surface area contributed by atoms with E-state index in [0.717, 1.165) is 42.7 Å². The summed E-state index contributed by atoms with van der Waals surface area (Å²) in [6, 6.07) is 18.2. The number of carbonyl (C=O) groups is 1. The van der Waals surface area contributed by atoms with Gasteiger partial charge in [-0.2, -0.15) is 4.99 Å². The normalized spacial score (nSPS) is 18.5. The Morgan fingerprint density at radius 3 is 2.28 bits per heavy atom. The van der Waals surface area contributed by atoms with Gasteiger partial charge in [-0.3, -0.25) is 4.79 Å². The van der Waals surface area contributed by atoms with Crippen LogP contribution in [0.5, 0.6) is 5.75 Å². The number of carbonyl (C=O) groups excluding carboxylic acids is 1. The maximum atomic E-state index is 12.4. The van der Waals surface area contributed by atoms with Crippen LogP contribution < -0.4 is 9.64 Å². The first-order valence-electron chi connectivity index (χ1n) is 9.93. The van der Waals surface area contributed by atoms with Crippen molar-refractivity contribution >= 4 is 34.6 Å². The number of hydrogen-bond acceptors (Lipinski definition) is 5. The zero-order valence-electron chi connectivity index (χ0n) is 16.7. The fourth-order valence-corrected chi connectivity index (χ4v) is 4.36. The van der Waals surface area contributed by atoms with E-state index < -0.39 is 0 Å². The summed E-state index contributed by atoms with van der Waals surface area (Å²) in [7, 11) is 0. The molecule has 0 aliphatic carbocycles. The lowest BCUT2D eigenvalue weighted by molar-refractivity contribution is -0.113. The Morgan fingerprint density at radius 1 is 0.966 bits per heavy atom. The molecule has 0 aromatic heterocycles. The van der Waals surface area contributed by atoms with Crippen LogP contribution in [0.1, 0.15) is 19.4 Å². The standard InChI is InChI=1S/C23H25N3O2S/c1-17(2)28-20-10-8-18(9-11-20)16-21-22(27)24-23(29-21)26-14-12-25(13-15-26)19-6-4-3-5-7-19/h3-11,16-17H,12-15H2,1-2H3/b21-16+. The van der Waals surface area contributed by atoms with Crippen molar-refractivity contribution in [3.05, 3.63) is 65.1 Å². The lowest BCUT2D eigenvalue weighted by atomic mass is 10.2. The fraction of sp³-hybridized carbons (Fsp3) is 0.304. The molecule has 0 radical (unpaired) electrons. The first kappa shape index (κ1) is 19.6. The number of amides is 1. The Hall–Kier alpha value is -2.73. The van der Waals surface area contributed by atoms with E-state index in [-0.39, 0.29) is 12.0 Å². The average Bonchev–Trinajstić information content (AvgIpc) is 3.10. The molecule has 2 aliphatic rings. The molecule has 0 spiro atoms. The minimum atomic E-state index is -0.155. The molecule has 0 unspecified atom stereocenters. The lowest BCUT2D eigenvalue weighted by Crippen LogP contribution is -2.47. The molecule has 6 heteroatoms. The molecule has 2 heterocycles. The van der Waals surface area contributed by atoms with Gasteiger partial charge in [-0.05, 0) is 61.5 Å². The summed E-state index contributed by atoms with van der Waals surface area (Å²) < 4.78 is 5.67. The second-order valence-corrected chi connectivity index (χ2v) is 8.36.